The molecule has 0 atom stereocenters. The number of rotatable bonds is 3. The molecule has 3 rings (SSSR count). The number of nitrogens with zero attached hydrogens (tertiary/aromatic N) is 1. The molecule has 1 aliphatic carbocycles. The van der Waals surface area contributed by atoms with E-state index in [1.807, 2.05) is 13.0 Å². The minimum Gasteiger partial charge on any atom is -0.489 e. The van der Waals surface area contributed by atoms with E-state index in [2.05, 4.69) is 32.7 Å². The molecule has 0 aromatic carbocycles. The van der Waals surface area contributed by atoms with E-state index in [1.165, 1.54) is 0 Å². The van der Waals surface area contributed by atoms with Gasteiger partial charge in [-0.25, -0.2) is 0 Å². The van der Waals surface area contributed by atoms with Crippen LogP contribution in [0.2, 0.25) is 0 Å². The van der Waals surface area contributed by atoms with E-state index in [-0.39, 0.29) is 18.3 Å². The summed E-state index contributed by atoms with van der Waals surface area (Å²) in [4.78, 5) is 4.42. The molecule has 2 heterocycles. The molecular formula is C15H22BNO3. The van der Waals surface area contributed by atoms with Gasteiger partial charge in [0.1, 0.15) is 5.75 Å². The van der Waals surface area contributed by atoms with Crippen molar-refractivity contribution in [2.75, 3.05) is 0 Å². The third kappa shape index (κ3) is 2.45. The van der Waals surface area contributed by atoms with Crippen LogP contribution in [0, 0.1) is 6.92 Å². The average Bonchev–Trinajstić information content (AvgIpc) is 3.10. The molecule has 1 aliphatic heterocycles. The van der Waals surface area contributed by atoms with Gasteiger partial charge in [0, 0.05) is 11.2 Å². The van der Waals surface area contributed by atoms with Crippen molar-refractivity contribution in [3.63, 3.8) is 0 Å². The predicted molar refractivity (Wildman–Crippen MR) is 78.3 cm³/mol. The van der Waals surface area contributed by atoms with E-state index in [0.717, 1.165) is 29.7 Å². The summed E-state index contributed by atoms with van der Waals surface area (Å²) in [5.74, 6) is 0.808. The topological polar surface area (TPSA) is 40.6 Å². The Bertz CT molecular complexity index is 510. The summed E-state index contributed by atoms with van der Waals surface area (Å²) < 4.78 is 18.0. The fourth-order valence-corrected chi connectivity index (χ4v) is 2.18. The van der Waals surface area contributed by atoms with Gasteiger partial charge in [-0.2, -0.15) is 0 Å². The highest BCUT2D eigenvalue weighted by Gasteiger charge is 2.52. The summed E-state index contributed by atoms with van der Waals surface area (Å²) in [6.07, 6.45) is 4.42. The van der Waals surface area contributed by atoms with Crippen LogP contribution in [0.5, 0.6) is 5.75 Å². The van der Waals surface area contributed by atoms with Crippen LogP contribution < -0.4 is 10.2 Å². The fourth-order valence-electron chi connectivity index (χ4n) is 2.18. The highest BCUT2D eigenvalue weighted by Crippen LogP contribution is 2.37. The lowest BCUT2D eigenvalue weighted by Crippen LogP contribution is -2.41. The summed E-state index contributed by atoms with van der Waals surface area (Å²) in [6, 6.07) is 2.00. The molecule has 4 nitrogen and oxygen atoms in total. The van der Waals surface area contributed by atoms with Gasteiger partial charge in [0.15, 0.2) is 0 Å². The molecule has 1 saturated heterocycles. The van der Waals surface area contributed by atoms with Crippen molar-refractivity contribution >= 4 is 12.6 Å². The smallest absolute Gasteiger partial charge is 0.489 e. The largest absolute Gasteiger partial charge is 0.496 e. The molecule has 1 aromatic rings. The molecule has 2 aliphatic rings. The molecule has 0 radical (unpaired) electrons. The number of ether oxygens (including phenoxy) is 1. The lowest BCUT2D eigenvalue weighted by atomic mass is 9.78. The van der Waals surface area contributed by atoms with Crippen LogP contribution in [0.25, 0.3) is 0 Å². The van der Waals surface area contributed by atoms with Gasteiger partial charge < -0.3 is 14.0 Å². The Morgan fingerprint density at radius 3 is 2.35 bits per heavy atom. The second kappa shape index (κ2) is 4.47. The number of hydrogen-bond acceptors (Lipinski definition) is 4. The summed E-state index contributed by atoms with van der Waals surface area (Å²) in [5.41, 5.74) is 1.21. The van der Waals surface area contributed by atoms with Gasteiger partial charge >= 0.3 is 7.12 Å². The minimum absolute atomic E-state index is 0.336. The molecule has 0 unspecified atom stereocenters. The first-order valence-corrected chi connectivity index (χ1v) is 7.27. The Kier molecular flexibility index (Phi) is 3.10. The van der Waals surface area contributed by atoms with Gasteiger partial charge in [0.2, 0.25) is 0 Å². The van der Waals surface area contributed by atoms with Crippen LogP contribution in [0.4, 0.5) is 0 Å². The van der Waals surface area contributed by atoms with E-state index >= 15 is 0 Å². The maximum Gasteiger partial charge on any atom is 0.496 e. The summed E-state index contributed by atoms with van der Waals surface area (Å²) >= 11 is 0. The third-order valence-electron chi connectivity index (χ3n) is 4.44. The Hall–Kier alpha value is -1.07. The van der Waals surface area contributed by atoms with E-state index in [9.17, 15) is 0 Å². The maximum atomic E-state index is 6.09. The van der Waals surface area contributed by atoms with Crippen LogP contribution in [0.1, 0.15) is 46.2 Å². The quantitative estimate of drug-likeness (QED) is 0.793. The highest BCUT2D eigenvalue weighted by molar-refractivity contribution is 6.62. The van der Waals surface area contributed by atoms with Crippen LogP contribution >= 0.6 is 0 Å². The predicted octanol–water partition coefficient (Wildman–Crippen LogP) is 2.23. The monoisotopic (exact) mass is 275 g/mol. The molecule has 5 heteroatoms. The third-order valence-corrected chi connectivity index (χ3v) is 4.44. The van der Waals surface area contributed by atoms with E-state index in [1.54, 1.807) is 6.20 Å². The highest BCUT2D eigenvalue weighted by atomic mass is 16.7. The van der Waals surface area contributed by atoms with Crippen molar-refractivity contribution in [2.45, 2.75) is 64.8 Å². The zero-order valence-electron chi connectivity index (χ0n) is 12.9. The number of hydrogen-bond donors (Lipinski definition) is 0. The van der Waals surface area contributed by atoms with Gasteiger partial charge in [0.05, 0.1) is 23.5 Å². The van der Waals surface area contributed by atoms with Crippen molar-refractivity contribution in [1.29, 1.82) is 0 Å². The Morgan fingerprint density at radius 1 is 1.20 bits per heavy atom. The zero-order chi connectivity index (χ0) is 14.5. The number of pyridine rings is 1. The summed E-state index contributed by atoms with van der Waals surface area (Å²) in [5, 5.41) is 0. The molecule has 0 amide bonds. The van der Waals surface area contributed by atoms with Crippen LogP contribution in [-0.2, 0) is 9.31 Å². The Balaban J connectivity index is 1.86. The Labute approximate surface area is 121 Å². The molecule has 1 saturated carbocycles. The lowest BCUT2D eigenvalue weighted by molar-refractivity contribution is 0.00578. The molecule has 1 aromatic heterocycles. The van der Waals surface area contributed by atoms with E-state index < -0.39 is 0 Å². The van der Waals surface area contributed by atoms with Gasteiger partial charge in [-0.05, 0) is 53.5 Å². The lowest BCUT2D eigenvalue weighted by Gasteiger charge is -2.32. The van der Waals surface area contributed by atoms with Crippen molar-refractivity contribution in [3.05, 3.63) is 18.0 Å². The molecular weight excluding hydrogens is 253 g/mol. The van der Waals surface area contributed by atoms with Crippen molar-refractivity contribution in [3.8, 4) is 5.75 Å². The molecule has 2 fully saturated rings. The summed E-state index contributed by atoms with van der Waals surface area (Å²) in [7, 11) is -0.379. The van der Waals surface area contributed by atoms with Crippen molar-refractivity contribution < 1.29 is 14.0 Å². The second-order valence-electron chi connectivity index (χ2n) is 6.75. The van der Waals surface area contributed by atoms with E-state index in [0.29, 0.717) is 6.10 Å². The van der Waals surface area contributed by atoms with Gasteiger partial charge in [-0.15, -0.1) is 0 Å². The zero-order valence-corrected chi connectivity index (χ0v) is 12.9. The minimum atomic E-state index is -0.379. The second-order valence-corrected chi connectivity index (χ2v) is 6.75. The number of aryl methyl sites for hydroxylation is 1. The molecule has 0 bridgehead atoms. The van der Waals surface area contributed by atoms with Gasteiger partial charge in [0.25, 0.3) is 0 Å². The average molecular weight is 275 g/mol. The van der Waals surface area contributed by atoms with Crippen LogP contribution in [-0.4, -0.2) is 29.4 Å². The normalized spacial score (nSPS) is 23.9. The standard InChI is InChI=1S/C15H22BNO3/c1-10-13(8-12(9-17-10)18-11-6-7-11)16-19-14(2,3)15(4,5)20-16/h8-9,11H,6-7H2,1-5H3. The first-order valence-electron chi connectivity index (χ1n) is 7.27. The summed E-state index contributed by atoms with van der Waals surface area (Å²) in [6.45, 7) is 10.2. The number of aromatic nitrogens is 1. The van der Waals surface area contributed by atoms with Crippen LogP contribution in [0.15, 0.2) is 12.3 Å². The van der Waals surface area contributed by atoms with Gasteiger partial charge in [-0.1, -0.05) is 0 Å². The Morgan fingerprint density at radius 2 is 1.80 bits per heavy atom. The van der Waals surface area contributed by atoms with Crippen molar-refractivity contribution in [2.24, 2.45) is 0 Å². The fraction of sp³-hybridized carbons (Fsp3) is 0.667. The molecule has 0 N–H and O–H groups in total. The van der Waals surface area contributed by atoms with Gasteiger partial charge in [-0.3, -0.25) is 4.98 Å². The van der Waals surface area contributed by atoms with Crippen LogP contribution in [0.3, 0.4) is 0 Å². The van der Waals surface area contributed by atoms with E-state index in [4.69, 9.17) is 14.0 Å². The molecule has 20 heavy (non-hydrogen) atoms. The molecule has 0 spiro atoms. The first kappa shape index (κ1) is 13.9. The van der Waals surface area contributed by atoms with Crippen molar-refractivity contribution in [1.82, 2.24) is 4.98 Å². The molecule has 108 valence electrons. The first-order chi connectivity index (χ1) is 9.28. The maximum absolute atomic E-state index is 6.09. The SMILES string of the molecule is Cc1ncc(OC2CC2)cc1B1OC(C)(C)C(C)(C)O1.